The number of carbonyl (C=O) groups is 1. The number of aliphatic imine (C=N–C) groups is 1. The average Bonchev–Trinajstić information content (AvgIpc) is 2.46. The Labute approximate surface area is 157 Å². The highest BCUT2D eigenvalue weighted by molar-refractivity contribution is 14.0. The number of rotatable bonds is 9. The van der Waals surface area contributed by atoms with Gasteiger partial charge in [0.1, 0.15) is 0 Å². The Morgan fingerprint density at radius 2 is 1.77 bits per heavy atom. The topological polar surface area (TPSA) is 56.7 Å². The maximum Gasteiger partial charge on any atom is 0.224 e. The maximum atomic E-state index is 11.9. The molecule has 0 saturated heterocycles. The van der Waals surface area contributed by atoms with Gasteiger partial charge in [-0.05, 0) is 40.9 Å². The second-order valence-electron chi connectivity index (χ2n) is 5.40. The molecule has 0 unspecified atom stereocenters. The highest BCUT2D eigenvalue weighted by Gasteiger charge is 2.15. The zero-order valence-corrected chi connectivity index (χ0v) is 18.0. The van der Waals surface area contributed by atoms with E-state index >= 15 is 0 Å². The van der Waals surface area contributed by atoms with Gasteiger partial charge in [-0.25, -0.2) is 0 Å². The molecule has 0 fully saturated rings. The Morgan fingerprint density at radius 3 is 2.23 bits per heavy atom. The molecule has 0 aromatic carbocycles. The summed E-state index contributed by atoms with van der Waals surface area (Å²) in [5.74, 6) is 0.972. The summed E-state index contributed by atoms with van der Waals surface area (Å²) in [7, 11) is 0. The Balaban J connectivity index is 0. The van der Waals surface area contributed by atoms with Crippen molar-refractivity contribution in [1.82, 2.24) is 15.5 Å². The number of carbonyl (C=O) groups excluding carboxylic acids is 1. The third-order valence-electron chi connectivity index (χ3n) is 3.26. The van der Waals surface area contributed by atoms with E-state index in [0.29, 0.717) is 13.0 Å². The summed E-state index contributed by atoms with van der Waals surface area (Å²) >= 11 is 1.80. The molecule has 2 N–H and O–H groups in total. The van der Waals surface area contributed by atoms with Gasteiger partial charge in [-0.2, -0.15) is 11.8 Å². The minimum absolute atomic E-state index is 0. The molecule has 0 bridgehead atoms. The minimum atomic E-state index is 0. The van der Waals surface area contributed by atoms with E-state index in [-0.39, 0.29) is 34.6 Å². The molecular formula is C15H33IN4OS. The molecule has 0 aliphatic carbocycles. The number of hydrogen-bond acceptors (Lipinski definition) is 3. The van der Waals surface area contributed by atoms with Crippen LogP contribution in [0.4, 0.5) is 0 Å². The molecule has 5 nitrogen and oxygen atoms in total. The predicted octanol–water partition coefficient (Wildman–Crippen LogP) is 2.56. The van der Waals surface area contributed by atoms with Gasteiger partial charge in [0.15, 0.2) is 5.96 Å². The lowest BCUT2D eigenvalue weighted by atomic mass is 10.2. The van der Waals surface area contributed by atoms with Crippen molar-refractivity contribution in [1.29, 1.82) is 0 Å². The molecule has 0 aliphatic heterocycles. The number of amides is 1. The summed E-state index contributed by atoms with van der Waals surface area (Å²) in [6.07, 6.45) is 2.59. The van der Waals surface area contributed by atoms with Crippen molar-refractivity contribution < 1.29 is 4.79 Å². The molecular weight excluding hydrogens is 411 g/mol. The monoisotopic (exact) mass is 444 g/mol. The molecule has 0 aromatic heterocycles. The third-order valence-corrected chi connectivity index (χ3v) is 4.50. The lowest BCUT2D eigenvalue weighted by Gasteiger charge is -2.21. The summed E-state index contributed by atoms with van der Waals surface area (Å²) in [4.78, 5) is 18.4. The zero-order valence-electron chi connectivity index (χ0n) is 14.9. The van der Waals surface area contributed by atoms with Gasteiger partial charge in [-0.3, -0.25) is 9.79 Å². The molecule has 0 aliphatic rings. The number of nitrogens with zero attached hydrogens (tertiary/aromatic N) is 2. The predicted molar refractivity (Wildman–Crippen MR) is 110 cm³/mol. The van der Waals surface area contributed by atoms with E-state index in [1.165, 1.54) is 0 Å². The van der Waals surface area contributed by atoms with Crippen LogP contribution >= 0.6 is 35.7 Å². The molecule has 7 heteroatoms. The highest BCUT2D eigenvalue weighted by atomic mass is 127. The van der Waals surface area contributed by atoms with Gasteiger partial charge in [0, 0.05) is 37.3 Å². The van der Waals surface area contributed by atoms with Crippen molar-refractivity contribution in [3.8, 4) is 0 Å². The highest BCUT2D eigenvalue weighted by Crippen LogP contribution is 2.20. The van der Waals surface area contributed by atoms with Gasteiger partial charge in [-0.1, -0.05) is 0 Å². The van der Waals surface area contributed by atoms with Gasteiger partial charge >= 0.3 is 0 Å². The van der Waals surface area contributed by atoms with Crippen molar-refractivity contribution in [3.63, 3.8) is 0 Å². The van der Waals surface area contributed by atoms with E-state index in [0.717, 1.165) is 32.1 Å². The van der Waals surface area contributed by atoms with Crippen molar-refractivity contribution in [2.45, 2.75) is 45.8 Å². The second-order valence-corrected chi connectivity index (χ2v) is 6.92. The smallest absolute Gasteiger partial charge is 0.224 e. The summed E-state index contributed by atoms with van der Waals surface area (Å²) in [6, 6.07) is 0. The molecule has 0 rings (SSSR count). The third kappa shape index (κ3) is 10.5. The summed E-state index contributed by atoms with van der Waals surface area (Å²) in [5.41, 5.74) is 0. The number of thioether (sulfide) groups is 1. The first-order valence-electron chi connectivity index (χ1n) is 7.75. The fourth-order valence-corrected chi connectivity index (χ4v) is 1.89. The molecule has 132 valence electrons. The van der Waals surface area contributed by atoms with E-state index in [1.807, 2.05) is 25.7 Å². The number of hydrogen-bond donors (Lipinski definition) is 2. The summed E-state index contributed by atoms with van der Waals surface area (Å²) in [6.45, 7) is 14.1. The van der Waals surface area contributed by atoms with E-state index in [1.54, 1.807) is 11.8 Å². The Hall–Kier alpha value is -0.180. The SMILES string of the molecule is CCNC(=NCC(C)(C)SC)NCCC(=O)N(CC)CC.I. The first-order chi connectivity index (χ1) is 9.90. The standard InChI is InChI=1S/C15H32N4OS.HI/c1-7-16-14(18-12-15(4,5)21-6)17-11-10-13(20)19(8-2)9-3;/h7-12H2,1-6H3,(H2,16,17,18);1H. The molecule has 1 amide bonds. The zero-order chi connectivity index (χ0) is 16.3. The largest absolute Gasteiger partial charge is 0.357 e. The van der Waals surface area contributed by atoms with E-state index in [2.05, 4.69) is 35.7 Å². The molecule has 0 saturated carbocycles. The van der Waals surface area contributed by atoms with E-state index in [9.17, 15) is 4.79 Å². The van der Waals surface area contributed by atoms with Crippen molar-refractivity contribution in [2.24, 2.45) is 4.99 Å². The fourth-order valence-electron chi connectivity index (χ4n) is 1.70. The molecule has 22 heavy (non-hydrogen) atoms. The Bertz CT molecular complexity index is 334. The average molecular weight is 444 g/mol. The molecule has 0 spiro atoms. The molecule has 0 aromatic rings. The van der Waals surface area contributed by atoms with Gasteiger partial charge in [0.2, 0.25) is 5.91 Å². The van der Waals surface area contributed by atoms with Gasteiger partial charge in [0.05, 0.1) is 6.54 Å². The van der Waals surface area contributed by atoms with Crippen LogP contribution in [0.25, 0.3) is 0 Å². The van der Waals surface area contributed by atoms with Crippen LogP contribution in [-0.2, 0) is 4.79 Å². The Kier molecular flexibility index (Phi) is 14.5. The number of nitrogens with one attached hydrogen (secondary N) is 2. The second kappa shape index (κ2) is 13.3. The van der Waals surface area contributed by atoms with Crippen molar-refractivity contribution in [3.05, 3.63) is 0 Å². The fraction of sp³-hybridized carbons (Fsp3) is 0.867. The van der Waals surface area contributed by atoms with E-state index in [4.69, 9.17) is 0 Å². The van der Waals surface area contributed by atoms with Crippen LogP contribution in [0.1, 0.15) is 41.0 Å². The van der Waals surface area contributed by atoms with Crippen molar-refractivity contribution >= 4 is 47.6 Å². The van der Waals surface area contributed by atoms with E-state index < -0.39 is 0 Å². The first-order valence-corrected chi connectivity index (χ1v) is 8.97. The number of guanidine groups is 1. The van der Waals surface area contributed by atoms with Crippen LogP contribution in [0.15, 0.2) is 4.99 Å². The van der Waals surface area contributed by atoms with Crippen LogP contribution < -0.4 is 10.6 Å². The first kappa shape index (κ1) is 24.1. The normalized spacial score (nSPS) is 11.6. The lowest BCUT2D eigenvalue weighted by molar-refractivity contribution is -0.130. The Morgan fingerprint density at radius 1 is 1.18 bits per heavy atom. The van der Waals surface area contributed by atoms with Gasteiger partial charge < -0.3 is 15.5 Å². The quantitative estimate of drug-likeness (QED) is 0.326. The summed E-state index contributed by atoms with van der Waals surface area (Å²) in [5, 5.41) is 6.45. The lowest BCUT2D eigenvalue weighted by Crippen LogP contribution is -2.40. The molecule has 0 atom stereocenters. The van der Waals surface area contributed by atoms with Crippen LogP contribution in [0.2, 0.25) is 0 Å². The van der Waals surface area contributed by atoms with Crippen molar-refractivity contribution in [2.75, 3.05) is 39.0 Å². The van der Waals surface area contributed by atoms with Crippen LogP contribution in [0.3, 0.4) is 0 Å². The summed E-state index contributed by atoms with van der Waals surface area (Å²) < 4.78 is 0.124. The maximum absolute atomic E-state index is 11.9. The van der Waals surface area contributed by atoms with Crippen LogP contribution in [-0.4, -0.2) is 60.5 Å². The number of halogens is 1. The van der Waals surface area contributed by atoms with Crippen LogP contribution in [0.5, 0.6) is 0 Å². The molecule has 0 radical (unpaired) electrons. The minimum Gasteiger partial charge on any atom is -0.357 e. The molecule has 0 heterocycles. The van der Waals surface area contributed by atoms with Gasteiger partial charge in [0.25, 0.3) is 0 Å². The van der Waals surface area contributed by atoms with Crippen LogP contribution in [0, 0.1) is 0 Å². The van der Waals surface area contributed by atoms with Gasteiger partial charge in [-0.15, -0.1) is 24.0 Å².